The van der Waals surface area contributed by atoms with Crippen LogP contribution in [0.2, 0.25) is 0 Å². The highest BCUT2D eigenvalue weighted by Gasteiger charge is 2.21. The van der Waals surface area contributed by atoms with Gasteiger partial charge in [-0.05, 0) is 43.9 Å². The fourth-order valence-corrected chi connectivity index (χ4v) is 4.13. The van der Waals surface area contributed by atoms with Crippen LogP contribution in [0.15, 0.2) is 35.6 Å². The zero-order chi connectivity index (χ0) is 21.3. The highest BCUT2D eigenvalue weighted by Crippen LogP contribution is 2.24. The maximum Gasteiger partial charge on any atom is 0.189 e. The first-order valence-electron chi connectivity index (χ1n) is 11.0. The Balaban J connectivity index is 1.63. The fraction of sp³-hybridized carbons (Fsp3) is 0.565. The van der Waals surface area contributed by atoms with Crippen molar-refractivity contribution in [1.82, 2.24) is 15.3 Å². The molecule has 0 aliphatic carbocycles. The summed E-state index contributed by atoms with van der Waals surface area (Å²) in [6.45, 7) is 8.85. The minimum atomic E-state index is -0.191. The molecule has 0 saturated carbocycles. The molecule has 7 heteroatoms. The minimum absolute atomic E-state index is 0.191. The SMILES string of the molecule is CCCCC[C@H](C)NCc1cnc(SC)nc1N1CCN(c2ccc(F)cc2)CC1. The van der Waals surface area contributed by atoms with E-state index in [-0.39, 0.29) is 5.82 Å². The number of benzene rings is 1. The van der Waals surface area contributed by atoms with Gasteiger partial charge in [0.15, 0.2) is 5.16 Å². The van der Waals surface area contributed by atoms with Crippen molar-refractivity contribution in [2.24, 2.45) is 0 Å². The summed E-state index contributed by atoms with van der Waals surface area (Å²) in [5.74, 6) is 0.852. The third-order valence-electron chi connectivity index (χ3n) is 5.65. The lowest BCUT2D eigenvalue weighted by molar-refractivity contribution is 0.485. The van der Waals surface area contributed by atoms with Crippen molar-refractivity contribution in [2.75, 3.05) is 42.2 Å². The average Bonchev–Trinajstić information content (AvgIpc) is 2.78. The van der Waals surface area contributed by atoms with E-state index in [0.29, 0.717) is 6.04 Å². The van der Waals surface area contributed by atoms with Crippen LogP contribution in [-0.4, -0.2) is 48.4 Å². The van der Waals surface area contributed by atoms with Gasteiger partial charge >= 0.3 is 0 Å². The molecule has 3 rings (SSSR count). The standard InChI is InChI=1S/C23H34FN5S/c1-4-5-6-7-18(2)25-16-19-17-26-23(30-3)27-22(19)29-14-12-28(13-15-29)21-10-8-20(24)9-11-21/h8-11,17-18,25H,4-7,12-16H2,1-3H3/t18-/m0/s1. The van der Waals surface area contributed by atoms with Crippen LogP contribution in [0, 0.1) is 5.82 Å². The van der Waals surface area contributed by atoms with E-state index in [1.54, 1.807) is 11.8 Å². The second-order valence-electron chi connectivity index (χ2n) is 7.93. The molecule has 1 aliphatic heterocycles. The summed E-state index contributed by atoms with van der Waals surface area (Å²) < 4.78 is 13.2. The van der Waals surface area contributed by atoms with E-state index in [9.17, 15) is 4.39 Å². The van der Waals surface area contributed by atoms with Gasteiger partial charge < -0.3 is 15.1 Å². The molecular formula is C23H34FN5S. The van der Waals surface area contributed by atoms with Gasteiger partial charge in [-0.2, -0.15) is 0 Å². The minimum Gasteiger partial charge on any atom is -0.368 e. The zero-order valence-corrected chi connectivity index (χ0v) is 19.2. The van der Waals surface area contributed by atoms with Crippen molar-refractivity contribution >= 4 is 23.3 Å². The predicted octanol–water partition coefficient (Wildman–Crippen LogP) is 4.72. The summed E-state index contributed by atoms with van der Waals surface area (Å²) in [6.07, 6.45) is 9.01. The summed E-state index contributed by atoms with van der Waals surface area (Å²) in [6, 6.07) is 7.26. The molecule has 0 unspecified atom stereocenters. The predicted molar refractivity (Wildman–Crippen MR) is 125 cm³/mol. The van der Waals surface area contributed by atoms with E-state index < -0.39 is 0 Å². The van der Waals surface area contributed by atoms with E-state index in [1.165, 1.54) is 37.8 Å². The molecular weight excluding hydrogens is 397 g/mol. The number of halogens is 1. The highest BCUT2D eigenvalue weighted by atomic mass is 32.2. The number of nitrogens with one attached hydrogen (secondary N) is 1. The summed E-state index contributed by atoms with van der Waals surface area (Å²) in [5.41, 5.74) is 2.23. The van der Waals surface area contributed by atoms with Gasteiger partial charge in [0.05, 0.1) is 0 Å². The van der Waals surface area contributed by atoms with Crippen molar-refractivity contribution in [2.45, 2.75) is 57.3 Å². The normalized spacial score (nSPS) is 15.5. The molecule has 0 bridgehead atoms. The lowest BCUT2D eigenvalue weighted by atomic mass is 10.1. The van der Waals surface area contributed by atoms with Gasteiger partial charge in [-0.25, -0.2) is 14.4 Å². The van der Waals surface area contributed by atoms with Crippen LogP contribution < -0.4 is 15.1 Å². The molecule has 1 atom stereocenters. The zero-order valence-electron chi connectivity index (χ0n) is 18.4. The van der Waals surface area contributed by atoms with Gasteiger partial charge in [0.25, 0.3) is 0 Å². The summed E-state index contributed by atoms with van der Waals surface area (Å²) >= 11 is 1.58. The van der Waals surface area contributed by atoms with E-state index in [1.807, 2.05) is 24.6 Å². The molecule has 1 aliphatic rings. The molecule has 1 N–H and O–H groups in total. The van der Waals surface area contributed by atoms with Crippen molar-refractivity contribution in [3.8, 4) is 0 Å². The molecule has 164 valence electrons. The first-order chi connectivity index (χ1) is 14.6. The Labute approximate surface area is 184 Å². The number of piperazine rings is 1. The van der Waals surface area contributed by atoms with E-state index in [2.05, 4.69) is 33.9 Å². The monoisotopic (exact) mass is 431 g/mol. The highest BCUT2D eigenvalue weighted by molar-refractivity contribution is 7.98. The summed E-state index contributed by atoms with van der Waals surface area (Å²) in [5, 5.41) is 4.47. The van der Waals surface area contributed by atoms with Gasteiger partial charge in [-0.1, -0.05) is 37.9 Å². The molecule has 2 aromatic rings. The number of unbranched alkanes of at least 4 members (excludes halogenated alkanes) is 2. The molecule has 30 heavy (non-hydrogen) atoms. The Bertz CT molecular complexity index is 778. The maximum atomic E-state index is 13.2. The van der Waals surface area contributed by atoms with Crippen LogP contribution in [0.5, 0.6) is 0 Å². The van der Waals surface area contributed by atoms with Gasteiger partial charge in [0, 0.05) is 56.2 Å². The Kier molecular flexibility index (Phi) is 8.75. The molecule has 0 radical (unpaired) electrons. The van der Waals surface area contributed by atoms with E-state index >= 15 is 0 Å². The molecule has 1 aromatic heterocycles. The number of rotatable bonds is 10. The number of thioether (sulfide) groups is 1. The Hall–Kier alpha value is -1.86. The number of aromatic nitrogens is 2. The quantitative estimate of drug-likeness (QED) is 0.334. The maximum absolute atomic E-state index is 13.2. The van der Waals surface area contributed by atoms with Crippen molar-refractivity contribution in [3.05, 3.63) is 41.8 Å². The lowest BCUT2D eigenvalue weighted by Crippen LogP contribution is -2.47. The number of hydrogen-bond acceptors (Lipinski definition) is 6. The second-order valence-corrected chi connectivity index (χ2v) is 8.71. The third kappa shape index (κ3) is 6.32. The summed E-state index contributed by atoms with van der Waals surface area (Å²) in [7, 11) is 0. The number of nitrogens with zero attached hydrogens (tertiary/aromatic N) is 4. The lowest BCUT2D eigenvalue weighted by Gasteiger charge is -2.37. The number of anilines is 2. The third-order valence-corrected chi connectivity index (χ3v) is 6.22. The largest absolute Gasteiger partial charge is 0.368 e. The molecule has 1 aromatic carbocycles. The second kappa shape index (κ2) is 11.5. The van der Waals surface area contributed by atoms with Crippen LogP contribution in [0.4, 0.5) is 15.9 Å². The average molecular weight is 432 g/mol. The Morgan fingerprint density at radius 2 is 1.80 bits per heavy atom. The Morgan fingerprint density at radius 1 is 1.10 bits per heavy atom. The smallest absolute Gasteiger partial charge is 0.189 e. The molecule has 0 spiro atoms. The van der Waals surface area contributed by atoms with Crippen molar-refractivity contribution in [3.63, 3.8) is 0 Å². The van der Waals surface area contributed by atoms with E-state index in [0.717, 1.165) is 54.9 Å². The van der Waals surface area contributed by atoms with Crippen molar-refractivity contribution < 1.29 is 4.39 Å². The topological polar surface area (TPSA) is 44.3 Å². The molecule has 0 amide bonds. The van der Waals surface area contributed by atoms with Crippen LogP contribution in [-0.2, 0) is 6.54 Å². The molecule has 2 heterocycles. The first kappa shape index (κ1) is 22.8. The van der Waals surface area contributed by atoms with Gasteiger partial charge in [0.2, 0.25) is 0 Å². The van der Waals surface area contributed by atoms with Crippen LogP contribution >= 0.6 is 11.8 Å². The van der Waals surface area contributed by atoms with Gasteiger partial charge in [-0.3, -0.25) is 0 Å². The van der Waals surface area contributed by atoms with Crippen LogP contribution in [0.1, 0.15) is 45.1 Å². The fourth-order valence-electron chi connectivity index (χ4n) is 3.79. The van der Waals surface area contributed by atoms with Crippen molar-refractivity contribution in [1.29, 1.82) is 0 Å². The first-order valence-corrected chi connectivity index (χ1v) is 12.2. The van der Waals surface area contributed by atoms with Gasteiger partial charge in [0.1, 0.15) is 11.6 Å². The van der Waals surface area contributed by atoms with Crippen LogP contribution in [0.25, 0.3) is 0 Å². The van der Waals surface area contributed by atoms with Crippen LogP contribution in [0.3, 0.4) is 0 Å². The molecule has 1 saturated heterocycles. The van der Waals surface area contributed by atoms with E-state index in [4.69, 9.17) is 4.98 Å². The number of hydrogen-bond donors (Lipinski definition) is 1. The molecule has 5 nitrogen and oxygen atoms in total. The Morgan fingerprint density at radius 3 is 2.47 bits per heavy atom. The summed E-state index contributed by atoms with van der Waals surface area (Å²) in [4.78, 5) is 14.0. The molecule has 1 fully saturated rings. The van der Waals surface area contributed by atoms with Gasteiger partial charge in [-0.15, -0.1) is 0 Å².